The number of anilines is 2. The van der Waals surface area contributed by atoms with Crippen molar-refractivity contribution in [2.24, 2.45) is 0 Å². The van der Waals surface area contributed by atoms with E-state index in [2.05, 4.69) is 5.32 Å². The van der Waals surface area contributed by atoms with E-state index in [9.17, 15) is 14.7 Å². The molecule has 6 nitrogen and oxygen atoms in total. The van der Waals surface area contributed by atoms with E-state index in [1.807, 2.05) is 0 Å². The van der Waals surface area contributed by atoms with Gasteiger partial charge in [-0.2, -0.15) is 0 Å². The lowest BCUT2D eigenvalue weighted by molar-refractivity contribution is -0.119. The van der Waals surface area contributed by atoms with Gasteiger partial charge >= 0.3 is 0 Å². The topological polar surface area (TPSA) is 78.9 Å². The summed E-state index contributed by atoms with van der Waals surface area (Å²) in [6, 6.07) is 5.12. The van der Waals surface area contributed by atoms with E-state index >= 15 is 0 Å². The summed E-state index contributed by atoms with van der Waals surface area (Å²) in [7, 11) is 0. The lowest BCUT2D eigenvalue weighted by Crippen LogP contribution is -2.27. The van der Waals surface area contributed by atoms with Crippen molar-refractivity contribution < 1.29 is 19.4 Å². The number of aliphatic hydroxyl groups is 1. The second-order valence-corrected chi connectivity index (χ2v) is 4.38. The molecule has 1 fully saturated rings. The summed E-state index contributed by atoms with van der Waals surface area (Å²) < 4.78 is 5.29. The average molecular weight is 248 g/mol. The molecule has 0 spiro atoms. The third-order valence-electron chi connectivity index (χ3n) is 3.01. The normalized spacial score (nSPS) is 22.5. The zero-order valence-electron chi connectivity index (χ0n) is 9.55. The van der Waals surface area contributed by atoms with Gasteiger partial charge in [-0.3, -0.25) is 9.59 Å². The smallest absolute Gasteiger partial charge is 0.262 e. The second kappa shape index (κ2) is 3.99. The maximum atomic E-state index is 11.7. The van der Waals surface area contributed by atoms with Gasteiger partial charge in [0.1, 0.15) is 5.75 Å². The van der Waals surface area contributed by atoms with Gasteiger partial charge in [-0.25, -0.2) is 0 Å². The van der Waals surface area contributed by atoms with Crippen LogP contribution in [-0.4, -0.2) is 36.2 Å². The molecule has 94 valence electrons. The van der Waals surface area contributed by atoms with E-state index in [1.165, 1.54) is 4.90 Å². The molecule has 2 heterocycles. The van der Waals surface area contributed by atoms with Crippen LogP contribution in [0.2, 0.25) is 0 Å². The summed E-state index contributed by atoms with van der Waals surface area (Å²) in [5.74, 6) is 0.242. The molecular weight excluding hydrogens is 236 g/mol. The quantitative estimate of drug-likeness (QED) is 0.739. The maximum Gasteiger partial charge on any atom is 0.262 e. The van der Waals surface area contributed by atoms with Gasteiger partial charge in [0.2, 0.25) is 5.91 Å². The highest BCUT2D eigenvalue weighted by Crippen LogP contribution is 2.33. The average Bonchev–Trinajstić information content (AvgIpc) is 2.68. The number of rotatable bonds is 1. The number of fused-ring (bicyclic) bond motifs is 1. The van der Waals surface area contributed by atoms with Crippen LogP contribution in [0, 0.1) is 0 Å². The summed E-state index contributed by atoms with van der Waals surface area (Å²) in [6.07, 6.45) is -0.469. The number of carbonyl (C=O) groups is 2. The number of carbonyl (C=O) groups excluding carboxylic acids is 2. The number of benzene rings is 1. The minimum Gasteiger partial charge on any atom is -0.482 e. The molecule has 2 aliphatic rings. The molecule has 18 heavy (non-hydrogen) atoms. The third kappa shape index (κ3) is 1.80. The Morgan fingerprint density at radius 1 is 1.39 bits per heavy atom. The fourth-order valence-corrected chi connectivity index (χ4v) is 2.17. The zero-order chi connectivity index (χ0) is 12.7. The van der Waals surface area contributed by atoms with Crippen molar-refractivity contribution in [1.82, 2.24) is 0 Å². The number of β-amino-alcohol motifs (C(OH)–C–C–N with tert-alkyl or cyclic N) is 1. The van der Waals surface area contributed by atoms with Gasteiger partial charge in [0.05, 0.1) is 24.8 Å². The molecule has 1 aromatic carbocycles. The molecule has 1 unspecified atom stereocenters. The van der Waals surface area contributed by atoms with E-state index in [0.717, 1.165) is 0 Å². The summed E-state index contributed by atoms with van der Waals surface area (Å²) in [5.41, 5.74) is 1.27. The fraction of sp³-hybridized carbons (Fsp3) is 0.333. The predicted octanol–water partition coefficient (Wildman–Crippen LogP) is 0.115. The van der Waals surface area contributed by atoms with Crippen LogP contribution in [0.25, 0.3) is 0 Å². The van der Waals surface area contributed by atoms with Crippen LogP contribution in [0.4, 0.5) is 11.4 Å². The molecule has 1 saturated heterocycles. The van der Waals surface area contributed by atoms with Crippen molar-refractivity contribution in [2.45, 2.75) is 12.5 Å². The van der Waals surface area contributed by atoms with E-state index in [4.69, 9.17) is 4.74 Å². The van der Waals surface area contributed by atoms with Gasteiger partial charge in [0.15, 0.2) is 6.61 Å². The summed E-state index contributed by atoms with van der Waals surface area (Å²) in [4.78, 5) is 24.3. The first-order valence-electron chi connectivity index (χ1n) is 5.68. The van der Waals surface area contributed by atoms with Gasteiger partial charge in [-0.1, -0.05) is 0 Å². The standard InChI is InChI=1S/C12H12N2O4/c15-8-4-12(17)14(5-8)7-1-2-9-10(3-7)18-6-11(16)13-9/h1-3,8,15H,4-6H2,(H,13,16). The predicted molar refractivity (Wildman–Crippen MR) is 63.5 cm³/mol. The van der Waals surface area contributed by atoms with Crippen LogP contribution in [0.1, 0.15) is 6.42 Å². The lowest BCUT2D eigenvalue weighted by atomic mass is 10.2. The number of nitrogens with one attached hydrogen (secondary N) is 1. The first-order valence-corrected chi connectivity index (χ1v) is 5.68. The van der Waals surface area contributed by atoms with Crippen LogP contribution < -0.4 is 15.0 Å². The Bertz CT molecular complexity index is 529. The second-order valence-electron chi connectivity index (χ2n) is 4.38. The molecule has 6 heteroatoms. The minimum atomic E-state index is -0.617. The molecular formula is C12H12N2O4. The molecule has 0 radical (unpaired) electrons. The van der Waals surface area contributed by atoms with Crippen LogP contribution in [0.3, 0.4) is 0 Å². The molecule has 2 N–H and O–H groups in total. The minimum absolute atomic E-state index is 0.0208. The zero-order valence-corrected chi connectivity index (χ0v) is 9.55. The van der Waals surface area contributed by atoms with Crippen molar-refractivity contribution in [3.8, 4) is 5.75 Å². The SMILES string of the molecule is O=C1COc2cc(N3CC(O)CC3=O)ccc2N1. The van der Waals surface area contributed by atoms with Crippen molar-refractivity contribution >= 4 is 23.2 Å². The summed E-state index contributed by atoms with van der Waals surface area (Å²) in [5, 5.41) is 12.1. The number of hydrogen-bond donors (Lipinski definition) is 2. The van der Waals surface area contributed by atoms with Crippen LogP contribution in [0.15, 0.2) is 18.2 Å². The lowest BCUT2D eigenvalue weighted by Gasteiger charge is -2.21. The molecule has 1 aromatic rings. The molecule has 3 rings (SSSR count). The molecule has 0 aromatic heterocycles. The Kier molecular flexibility index (Phi) is 2.45. The van der Waals surface area contributed by atoms with E-state index in [0.29, 0.717) is 23.7 Å². The highest BCUT2D eigenvalue weighted by Gasteiger charge is 2.30. The number of ether oxygens (including phenoxy) is 1. The van der Waals surface area contributed by atoms with Crippen LogP contribution >= 0.6 is 0 Å². The number of amides is 2. The maximum absolute atomic E-state index is 11.7. The summed E-state index contributed by atoms with van der Waals surface area (Å²) in [6.45, 7) is 0.275. The molecule has 2 aliphatic heterocycles. The first-order chi connectivity index (χ1) is 8.63. The van der Waals surface area contributed by atoms with E-state index in [1.54, 1.807) is 18.2 Å². The highest BCUT2D eigenvalue weighted by molar-refractivity contribution is 5.98. The largest absolute Gasteiger partial charge is 0.482 e. The van der Waals surface area contributed by atoms with Gasteiger partial charge in [0.25, 0.3) is 5.91 Å². The molecule has 1 atom stereocenters. The van der Waals surface area contributed by atoms with Gasteiger partial charge < -0.3 is 20.1 Å². The van der Waals surface area contributed by atoms with Gasteiger partial charge in [0, 0.05) is 11.8 Å². The van der Waals surface area contributed by atoms with Crippen molar-refractivity contribution in [1.29, 1.82) is 0 Å². The number of hydrogen-bond acceptors (Lipinski definition) is 4. The van der Waals surface area contributed by atoms with Crippen LogP contribution in [-0.2, 0) is 9.59 Å². The van der Waals surface area contributed by atoms with Crippen molar-refractivity contribution in [3.05, 3.63) is 18.2 Å². The Hall–Kier alpha value is -2.08. The van der Waals surface area contributed by atoms with E-state index in [-0.39, 0.29) is 24.8 Å². The molecule has 2 amide bonds. The number of nitrogens with zero attached hydrogens (tertiary/aromatic N) is 1. The van der Waals surface area contributed by atoms with E-state index < -0.39 is 6.10 Å². The highest BCUT2D eigenvalue weighted by atomic mass is 16.5. The number of aliphatic hydroxyl groups excluding tert-OH is 1. The third-order valence-corrected chi connectivity index (χ3v) is 3.01. The van der Waals surface area contributed by atoms with Crippen LogP contribution in [0.5, 0.6) is 5.75 Å². The Labute approximate surface area is 103 Å². The first kappa shape index (κ1) is 11.0. The van der Waals surface area contributed by atoms with Gasteiger partial charge in [-0.05, 0) is 12.1 Å². The fourth-order valence-electron chi connectivity index (χ4n) is 2.17. The Morgan fingerprint density at radius 3 is 2.94 bits per heavy atom. The van der Waals surface area contributed by atoms with Crippen molar-refractivity contribution in [2.75, 3.05) is 23.4 Å². The molecule has 0 saturated carbocycles. The Balaban J connectivity index is 1.91. The molecule has 0 bridgehead atoms. The Morgan fingerprint density at radius 2 is 2.22 bits per heavy atom. The van der Waals surface area contributed by atoms with Crippen molar-refractivity contribution in [3.63, 3.8) is 0 Å². The monoisotopic (exact) mass is 248 g/mol. The molecule has 0 aliphatic carbocycles. The van der Waals surface area contributed by atoms with Gasteiger partial charge in [-0.15, -0.1) is 0 Å². The summed E-state index contributed by atoms with van der Waals surface area (Å²) >= 11 is 0.